The van der Waals surface area contributed by atoms with Crippen LogP contribution in [0.5, 0.6) is 0 Å². The minimum atomic E-state index is -1.71. The van der Waals surface area contributed by atoms with Crippen LogP contribution in [0.25, 0.3) is 0 Å². The first-order chi connectivity index (χ1) is 17.4. The van der Waals surface area contributed by atoms with Gasteiger partial charge in [-0.2, -0.15) is 12.6 Å². The Balaban J connectivity index is 2.92. The van der Waals surface area contributed by atoms with Gasteiger partial charge in [-0.25, -0.2) is 4.79 Å². The molecular formula is C22H33N7O7S. The number of nitrogens with two attached hydrogens (primary N) is 3. The lowest BCUT2D eigenvalue weighted by atomic mass is 10.0. The predicted octanol–water partition coefficient (Wildman–Crippen LogP) is -2.45. The highest BCUT2D eigenvalue weighted by atomic mass is 32.1. The SMILES string of the molecule is NC(N)=NCCCC(NC(=O)C(N)Cc1ccccc1)C(=O)NC(CS)C(=O)NC(CC(=O)O)C(=O)O. The lowest BCUT2D eigenvalue weighted by Gasteiger charge is -2.24. The number of amides is 3. The number of hydrogen-bond donors (Lipinski definition) is 9. The van der Waals surface area contributed by atoms with Crippen LogP contribution in [0.4, 0.5) is 0 Å². The van der Waals surface area contributed by atoms with E-state index in [2.05, 4.69) is 33.6 Å². The molecule has 1 aromatic rings. The second kappa shape index (κ2) is 16.0. The molecule has 15 heteroatoms. The Morgan fingerprint density at radius 1 is 0.892 bits per heavy atom. The third-order valence-electron chi connectivity index (χ3n) is 5.02. The van der Waals surface area contributed by atoms with Crippen molar-refractivity contribution in [2.45, 2.75) is 49.9 Å². The number of nitrogens with one attached hydrogen (secondary N) is 3. The summed E-state index contributed by atoms with van der Waals surface area (Å²) in [6.07, 6.45) is -0.264. The maximum atomic E-state index is 13.0. The fourth-order valence-corrected chi connectivity index (χ4v) is 3.38. The fraction of sp³-hybridized carbons (Fsp3) is 0.455. The normalized spacial score (nSPS) is 13.8. The lowest BCUT2D eigenvalue weighted by Crippen LogP contribution is -2.58. The molecule has 0 aliphatic heterocycles. The van der Waals surface area contributed by atoms with E-state index in [4.69, 9.17) is 27.4 Å². The van der Waals surface area contributed by atoms with Gasteiger partial charge in [0.1, 0.15) is 18.1 Å². The maximum Gasteiger partial charge on any atom is 0.326 e. The minimum absolute atomic E-state index is 0.0874. The van der Waals surface area contributed by atoms with Gasteiger partial charge in [0.15, 0.2) is 5.96 Å². The van der Waals surface area contributed by atoms with Crippen molar-refractivity contribution in [2.75, 3.05) is 12.3 Å². The first-order valence-corrected chi connectivity index (χ1v) is 11.9. The smallest absolute Gasteiger partial charge is 0.326 e. The molecule has 4 atom stereocenters. The van der Waals surface area contributed by atoms with Crippen LogP contribution in [0.15, 0.2) is 35.3 Å². The maximum absolute atomic E-state index is 13.0. The van der Waals surface area contributed by atoms with Crippen LogP contribution in [0.1, 0.15) is 24.8 Å². The molecule has 37 heavy (non-hydrogen) atoms. The molecule has 4 unspecified atom stereocenters. The number of carboxylic acid groups (broad SMARTS) is 2. The van der Waals surface area contributed by atoms with Crippen molar-refractivity contribution in [3.8, 4) is 0 Å². The quantitative estimate of drug-likeness (QED) is 0.0464. The van der Waals surface area contributed by atoms with Gasteiger partial charge in [0.25, 0.3) is 0 Å². The lowest BCUT2D eigenvalue weighted by molar-refractivity contribution is -0.147. The Kier molecular flexibility index (Phi) is 13.5. The molecule has 11 N–H and O–H groups in total. The number of rotatable bonds is 16. The summed E-state index contributed by atoms with van der Waals surface area (Å²) in [6.45, 7) is 0.171. The van der Waals surface area contributed by atoms with Gasteiger partial charge < -0.3 is 43.4 Å². The second-order valence-corrected chi connectivity index (χ2v) is 8.41. The van der Waals surface area contributed by atoms with Crippen molar-refractivity contribution >= 4 is 48.2 Å². The number of guanidine groups is 1. The van der Waals surface area contributed by atoms with Crippen molar-refractivity contribution < 1.29 is 34.2 Å². The minimum Gasteiger partial charge on any atom is -0.481 e. The summed E-state index contributed by atoms with van der Waals surface area (Å²) in [5.41, 5.74) is 17.4. The Bertz CT molecular complexity index is 973. The van der Waals surface area contributed by atoms with Crippen LogP contribution in [0, 0.1) is 0 Å². The summed E-state index contributed by atoms with van der Waals surface area (Å²) in [6, 6.07) is 3.90. The van der Waals surface area contributed by atoms with E-state index in [1.807, 2.05) is 6.07 Å². The van der Waals surface area contributed by atoms with Crippen molar-refractivity contribution in [1.82, 2.24) is 16.0 Å². The highest BCUT2D eigenvalue weighted by Crippen LogP contribution is 2.05. The molecule has 0 aliphatic carbocycles. The Morgan fingerprint density at radius 3 is 2.00 bits per heavy atom. The van der Waals surface area contributed by atoms with E-state index in [-0.39, 0.29) is 31.1 Å². The van der Waals surface area contributed by atoms with Gasteiger partial charge in [-0.1, -0.05) is 30.3 Å². The Labute approximate surface area is 218 Å². The summed E-state index contributed by atoms with van der Waals surface area (Å²) in [4.78, 5) is 64.2. The van der Waals surface area contributed by atoms with Gasteiger partial charge in [0.2, 0.25) is 17.7 Å². The van der Waals surface area contributed by atoms with E-state index in [1.165, 1.54) is 0 Å². The third-order valence-corrected chi connectivity index (χ3v) is 5.39. The van der Waals surface area contributed by atoms with Crippen LogP contribution in [0.2, 0.25) is 0 Å². The first kappa shape index (κ1) is 31.2. The second-order valence-electron chi connectivity index (χ2n) is 8.05. The molecule has 0 aromatic heterocycles. The monoisotopic (exact) mass is 539 g/mol. The highest BCUT2D eigenvalue weighted by Gasteiger charge is 2.30. The summed E-state index contributed by atoms with van der Waals surface area (Å²) in [5.74, 6) is -5.69. The molecule has 1 rings (SSSR count). The van der Waals surface area contributed by atoms with Gasteiger partial charge in [0.05, 0.1) is 12.5 Å². The molecule has 0 aliphatic rings. The topological polar surface area (TPSA) is 252 Å². The number of carbonyl (C=O) groups excluding carboxylic acids is 3. The summed E-state index contributed by atoms with van der Waals surface area (Å²) >= 11 is 4.02. The van der Waals surface area contributed by atoms with Crippen LogP contribution in [0.3, 0.4) is 0 Å². The predicted molar refractivity (Wildman–Crippen MR) is 138 cm³/mol. The van der Waals surface area contributed by atoms with Gasteiger partial charge in [-0.05, 0) is 24.8 Å². The van der Waals surface area contributed by atoms with Crippen LogP contribution in [-0.4, -0.2) is 82.3 Å². The van der Waals surface area contributed by atoms with Crippen LogP contribution < -0.4 is 33.2 Å². The fourth-order valence-electron chi connectivity index (χ4n) is 3.13. The Morgan fingerprint density at radius 2 is 1.46 bits per heavy atom. The van der Waals surface area contributed by atoms with Gasteiger partial charge in [-0.15, -0.1) is 0 Å². The number of carboxylic acids is 2. The van der Waals surface area contributed by atoms with Crippen molar-refractivity contribution in [3.05, 3.63) is 35.9 Å². The molecule has 14 nitrogen and oxygen atoms in total. The first-order valence-electron chi connectivity index (χ1n) is 11.3. The molecule has 3 amide bonds. The van der Waals surface area contributed by atoms with E-state index in [0.717, 1.165) is 5.56 Å². The molecule has 0 saturated carbocycles. The molecular weight excluding hydrogens is 506 g/mol. The number of thiol groups is 1. The van der Waals surface area contributed by atoms with Crippen LogP contribution >= 0.6 is 12.6 Å². The molecule has 0 bridgehead atoms. The molecule has 0 radical (unpaired) electrons. The van der Waals surface area contributed by atoms with Gasteiger partial charge in [0, 0.05) is 12.3 Å². The number of hydrogen-bond acceptors (Lipinski definition) is 8. The molecule has 0 heterocycles. The van der Waals surface area contributed by atoms with Crippen molar-refractivity contribution in [3.63, 3.8) is 0 Å². The number of benzene rings is 1. The van der Waals surface area contributed by atoms with E-state index in [1.54, 1.807) is 24.3 Å². The molecule has 0 spiro atoms. The zero-order chi connectivity index (χ0) is 28.0. The zero-order valence-corrected chi connectivity index (χ0v) is 20.9. The average molecular weight is 540 g/mol. The average Bonchev–Trinajstić information content (AvgIpc) is 2.83. The van der Waals surface area contributed by atoms with E-state index in [0.29, 0.717) is 6.42 Å². The number of carbonyl (C=O) groups is 5. The number of nitrogens with zero attached hydrogens (tertiary/aromatic N) is 1. The molecule has 204 valence electrons. The Hall–Kier alpha value is -3.85. The zero-order valence-electron chi connectivity index (χ0n) is 20.0. The molecule has 1 aromatic carbocycles. The standard InChI is InChI=1S/C22H33N7O7S/c23-13(9-12-5-2-1-3-6-12)18(32)27-14(7-4-8-26-22(24)25)19(33)29-16(11-37)20(34)28-15(21(35)36)10-17(30)31/h1-3,5-6,13-16,37H,4,7-11,23H2,(H,27,32)(H,28,34)(H,29,33)(H,30,31)(H,35,36)(H4,24,25,26). The van der Waals surface area contributed by atoms with Crippen LogP contribution in [-0.2, 0) is 30.4 Å². The van der Waals surface area contributed by atoms with Gasteiger partial charge in [-0.3, -0.25) is 24.2 Å². The molecule has 0 fully saturated rings. The van der Waals surface area contributed by atoms with Crippen molar-refractivity contribution in [1.29, 1.82) is 0 Å². The highest BCUT2D eigenvalue weighted by molar-refractivity contribution is 7.80. The van der Waals surface area contributed by atoms with E-state index >= 15 is 0 Å². The van der Waals surface area contributed by atoms with E-state index < -0.39 is 60.2 Å². The summed E-state index contributed by atoms with van der Waals surface area (Å²) in [5, 5.41) is 25.0. The summed E-state index contributed by atoms with van der Waals surface area (Å²) < 4.78 is 0. The summed E-state index contributed by atoms with van der Waals surface area (Å²) in [7, 11) is 0. The van der Waals surface area contributed by atoms with Crippen molar-refractivity contribution in [2.24, 2.45) is 22.2 Å². The number of aliphatic imine (C=N–C) groups is 1. The van der Waals surface area contributed by atoms with Gasteiger partial charge >= 0.3 is 11.9 Å². The largest absolute Gasteiger partial charge is 0.481 e. The third kappa shape index (κ3) is 12.1. The van der Waals surface area contributed by atoms with E-state index in [9.17, 15) is 24.0 Å². The molecule has 0 saturated heterocycles. The number of aliphatic carboxylic acids is 2.